The third-order valence-corrected chi connectivity index (χ3v) is 3.54. The van der Waals surface area contributed by atoms with Gasteiger partial charge in [0.1, 0.15) is 0 Å². The second-order valence-electron chi connectivity index (χ2n) is 4.92. The number of nitrogens with zero attached hydrogens (tertiary/aromatic N) is 1. The number of nitrogen functional groups attached to an aromatic ring is 1. The Morgan fingerprint density at radius 2 is 2.00 bits per heavy atom. The van der Waals surface area contributed by atoms with Gasteiger partial charge in [0, 0.05) is 19.3 Å². The maximum Gasteiger partial charge on any atom is 0.255 e. The first-order chi connectivity index (χ1) is 8.18. The average molecular weight is 232 g/mol. The van der Waals surface area contributed by atoms with Crippen LogP contribution in [0.4, 0.5) is 5.69 Å². The number of anilines is 1. The Labute approximate surface area is 103 Å². The molecule has 92 valence electrons. The van der Waals surface area contributed by atoms with Crippen molar-refractivity contribution in [1.82, 2.24) is 4.90 Å². The molecule has 0 aliphatic heterocycles. The molecule has 1 aliphatic carbocycles. The monoisotopic (exact) mass is 232 g/mol. The van der Waals surface area contributed by atoms with Crippen molar-refractivity contribution in [2.45, 2.75) is 25.7 Å². The maximum absolute atomic E-state index is 12.2. The molecular formula is C14H20N2O. The molecule has 3 heteroatoms. The Hall–Kier alpha value is -1.51. The SMILES string of the molecule is CN(CC1CCCC1)C(=O)c1ccccc1N. The van der Waals surface area contributed by atoms with Gasteiger partial charge in [-0.15, -0.1) is 0 Å². The standard InChI is InChI=1S/C14H20N2O/c1-16(10-11-6-2-3-7-11)14(17)12-8-4-5-9-13(12)15/h4-5,8-9,11H,2-3,6-7,10,15H2,1H3. The lowest BCUT2D eigenvalue weighted by Gasteiger charge is -2.21. The van der Waals surface area contributed by atoms with Crippen molar-refractivity contribution in [3.05, 3.63) is 29.8 Å². The van der Waals surface area contributed by atoms with Crippen molar-refractivity contribution in [1.29, 1.82) is 0 Å². The van der Waals surface area contributed by atoms with E-state index in [1.165, 1.54) is 25.7 Å². The van der Waals surface area contributed by atoms with E-state index in [4.69, 9.17) is 5.73 Å². The number of hydrogen-bond donors (Lipinski definition) is 1. The summed E-state index contributed by atoms with van der Waals surface area (Å²) in [4.78, 5) is 14.0. The molecule has 0 spiro atoms. The molecule has 1 aliphatic rings. The van der Waals surface area contributed by atoms with E-state index in [9.17, 15) is 4.79 Å². The molecule has 0 heterocycles. The summed E-state index contributed by atoms with van der Waals surface area (Å²) in [6.45, 7) is 0.854. The number of amides is 1. The fourth-order valence-electron chi connectivity index (χ4n) is 2.56. The second-order valence-corrected chi connectivity index (χ2v) is 4.92. The van der Waals surface area contributed by atoms with E-state index in [1.54, 1.807) is 12.1 Å². The average Bonchev–Trinajstić information content (AvgIpc) is 2.81. The van der Waals surface area contributed by atoms with Crippen LogP contribution in [0.1, 0.15) is 36.0 Å². The largest absolute Gasteiger partial charge is 0.398 e. The summed E-state index contributed by atoms with van der Waals surface area (Å²) in [5.74, 6) is 0.712. The highest BCUT2D eigenvalue weighted by atomic mass is 16.2. The minimum absolute atomic E-state index is 0.0370. The molecule has 0 atom stereocenters. The van der Waals surface area contributed by atoms with Gasteiger partial charge in [-0.05, 0) is 30.9 Å². The molecule has 0 bridgehead atoms. The zero-order valence-electron chi connectivity index (χ0n) is 10.4. The van der Waals surface area contributed by atoms with Gasteiger partial charge in [0.05, 0.1) is 5.56 Å². The van der Waals surface area contributed by atoms with Gasteiger partial charge in [0.15, 0.2) is 0 Å². The van der Waals surface area contributed by atoms with Crippen molar-refractivity contribution in [3.63, 3.8) is 0 Å². The Bertz CT molecular complexity index is 397. The maximum atomic E-state index is 12.2. The Morgan fingerprint density at radius 1 is 1.35 bits per heavy atom. The molecule has 0 saturated heterocycles. The van der Waals surface area contributed by atoms with Crippen LogP contribution in [0.3, 0.4) is 0 Å². The molecule has 0 aromatic heterocycles. The Kier molecular flexibility index (Phi) is 3.67. The molecular weight excluding hydrogens is 212 g/mol. The van der Waals surface area contributed by atoms with Gasteiger partial charge >= 0.3 is 0 Å². The molecule has 1 fully saturated rings. The lowest BCUT2D eigenvalue weighted by Crippen LogP contribution is -2.31. The number of carbonyl (C=O) groups is 1. The molecule has 0 radical (unpaired) electrons. The third kappa shape index (κ3) is 2.78. The topological polar surface area (TPSA) is 46.3 Å². The Balaban J connectivity index is 2.01. The molecule has 2 N–H and O–H groups in total. The van der Waals surface area contributed by atoms with Crippen molar-refractivity contribution in [2.24, 2.45) is 5.92 Å². The van der Waals surface area contributed by atoms with Gasteiger partial charge in [-0.2, -0.15) is 0 Å². The minimum atomic E-state index is 0.0370. The van der Waals surface area contributed by atoms with E-state index in [0.29, 0.717) is 17.2 Å². The number of rotatable bonds is 3. The van der Waals surface area contributed by atoms with E-state index < -0.39 is 0 Å². The van der Waals surface area contributed by atoms with Crippen LogP contribution in [0, 0.1) is 5.92 Å². The van der Waals surface area contributed by atoms with Crippen LogP contribution in [-0.2, 0) is 0 Å². The van der Waals surface area contributed by atoms with Gasteiger partial charge < -0.3 is 10.6 Å². The molecule has 3 nitrogen and oxygen atoms in total. The highest BCUT2D eigenvalue weighted by Crippen LogP contribution is 2.25. The molecule has 1 aromatic rings. The summed E-state index contributed by atoms with van der Waals surface area (Å²) in [5.41, 5.74) is 7.00. The van der Waals surface area contributed by atoms with Crippen LogP contribution in [0.5, 0.6) is 0 Å². The van der Waals surface area contributed by atoms with Gasteiger partial charge in [0.25, 0.3) is 5.91 Å². The van der Waals surface area contributed by atoms with Crippen LogP contribution in [0.25, 0.3) is 0 Å². The van der Waals surface area contributed by atoms with Crippen molar-refractivity contribution in [3.8, 4) is 0 Å². The van der Waals surface area contributed by atoms with Gasteiger partial charge in [-0.25, -0.2) is 0 Å². The number of para-hydroxylation sites is 1. The van der Waals surface area contributed by atoms with E-state index in [-0.39, 0.29) is 5.91 Å². The second kappa shape index (κ2) is 5.21. The first-order valence-electron chi connectivity index (χ1n) is 6.28. The van der Waals surface area contributed by atoms with Gasteiger partial charge in [0.2, 0.25) is 0 Å². The van der Waals surface area contributed by atoms with E-state index >= 15 is 0 Å². The van der Waals surface area contributed by atoms with Crippen molar-refractivity contribution in [2.75, 3.05) is 19.3 Å². The lowest BCUT2D eigenvalue weighted by atomic mass is 10.1. The number of nitrogens with two attached hydrogens (primary N) is 1. The van der Waals surface area contributed by atoms with Crippen LogP contribution in [0.2, 0.25) is 0 Å². The fraction of sp³-hybridized carbons (Fsp3) is 0.500. The smallest absolute Gasteiger partial charge is 0.255 e. The molecule has 1 aromatic carbocycles. The van der Waals surface area contributed by atoms with E-state index in [0.717, 1.165) is 6.54 Å². The summed E-state index contributed by atoms with van der Waals surface area (Å²) in [5, 5.41) is 0. The van der Waals surface area contributed by atoms with Crippen LogP contribution in [0.15, 0.2) is 24.3 Å². The third-order valence-electron chi connectivity index (χ3n) is 3.54. The van der Waals surface area contributed by atoms with Crippen molar-refractivity contribution >= 4 is 11.6 Å². The lowest BCUT2D eigenvalue weighted by molar-refractivity contribution is 0.0774. The van der Waals surface area contributed by atoms with Crippen molar-refractivity contribution < 1.29 is 4.79 Å². The predicted molar refractivity (Wildman–Crippen MR) is 69.8 cm³/mol. The normalized spacial score (nSPS) is 16.1. The zero-order chi connectivity index (χ0) is 12.3. The molecule has 2 rings (SSSR count). The van der Waals surface area contributed by atoms with Crippen LogP contribution < -0.4 is 5.73 Å². The summed E-state index contributed by atoms with van der Waals surface area (Å²) < 4.78 is 0. The quantitative estimate of drug-likeness (QED) is 0.814. The molecule has 17 heavy (non-hydrogen) atoms. The highest BCUT2D eigenvalue weighted by molar-refractivity contribution is 5.98. The minimum Gasteiger partial charge on any atom is -0.398 e. The van der Waals surface area contributed by atoms with Crippen LogP contribution >= 0.6 is 0 Å². The Morgan fingerprint density at radius 3 is 2.65 bits per heavy atom. The van der Waals surface area contributed by atoms with Gasteiger partial charge in [-0.1, -0.05) is 25.0 Å². The molecule has 0 unspecified atom stereocenters. The van der Waals surface area contributed by atoms with Crippen LogP contribution in [-0.4, -0.2) is 24.4 Å². The number of carbonyl (C=O) groups excluding carboxylic acids is 1. The summed E-state index contributed by atoms with van der Waals surface area (Å²) in [6.07, 6.45) is 5.12. The summed E-state index contributed by atoms with van der Waals surface area (Å²) in [7, 11) is 1.87. The van der Waals surface area contributed by atoms with E-state index in [2.05, 4.69) is 0 Å². The predicted octanol–water partition coefficient (Wildman–Crippen LogP) is 2.53. The summed E-state index contributed by atoms with van der Waals surface area (Å²) >= 11 is 0. The zero-order valence-corrected chi connectivity index (χ0v) is 10.4. The molecule has 1 saturated carbocycles. The molecule has 1 amide bonds. The number of hydrogen-bond acceptors (Lipinski definition) is 2. The first-order valence-corrected chi connectivity index (χ1v) is 6.28. The van der Waals surface area contributed by atoms with E-state index in [1.807, 2.05) is 24.1 Å². The van der Waals surface area contributed by atoms with Gasteiger partial charge in [-0.3, -0.25) is 4.79 Å². The number of benzene rings is 1. The first kappa shape index (κ1) is 12.0. The highest BCUT2D eigenvalue weighted by Gasteiger charge is 2.20. The fourth-order valence-corrected chi connectivity index (χ4v) is 2.56. The summed E-state index contributed by atoms with van der Waals surface area (Å²) in [6, 6.07) is 7.27.